The van der Waals surface area contributed by atoms with Crippen molar-refractivity contribution in [2.75, 3.05) is 19.7 Å². The first kappa shape index (κ1) is 18.3. The van der Waals surface area contributed by atoms with Crippen LogP contribution >= 0.6 is 0 Å². The Morgan fingerprint density at radius 2 is 2.08 bits per heavy atom. The normalized spacial score (nSPS) is 19.9. The van der Waals surface area contributed by atoms with E-state index >= 15 is 0 Å². The van der Waals surface area contributed by atoms with Gasteiger partial charge >= 0.3 is 5.97 Å². The molecule has 1 heterocycles. The average Bonchev–Trinajstić information content (AvgIpc) is 2.71. The highest BCUT2D eigenvalue weighted by Crippen LogP contribution is 2.25. The first-order valence-corrected chi connectivity index (χ1v) is 8.20. The van der Waals surface area contributed by atoms with Gasteiger partial charge < -0.3 is 15.2 Å². The Labute approximate surface area is 141 Å². The van der Waals surface area contributed by atoms with Gasteiger partial charge in [0.25, 0.3) is 5.91 Å². The number of amides is 1. The topological polar surface area (TPSA) is 96.7 Å². The van der Waals surface area contributed by atoms with Gasteiger partial charge in [0.1, 0.15) is 5.69 Å². The molecule has 0 saturated heterocycles. The average molecular weight is 338 g/mol. The van der Waals surface area contributed by atoms with Crippen LogP contribution in [0.3, 0.4) is 0 Å². The van der Waals surface area contributed by atoms with Crippen molar-refractivity contribution < 1.29 is 19.4 Å². The highest BCUT2D eigenvalue weighted by atomic mass is 16.5. The fourth-order valence-corrected chi connectivity index (χ4v) is 3.05. The summed E-state index contributed by atoms with van der Waals surface area (Å²) in [7, 11) is 1.83. The Morgan fingerprint density at radius 1 is 1.42 bits per heavy atom. The van der Waals surface area contributed by atoms with Crippen molar-refractivity contribution in [1.82, 2.24) is 20.0 Å². The number of carboxylic acids is 1. The fourth-order valence-electron chi connectivity index (χ4n) is 3.05. The summed E-state index contributed by atoms with van der Waals surface area (Å²) in [5, 5.41) is 16.1. The molecule has 0 atom stereocenters. The Kier molecular flexibility index (Phi) is 5.82. The Balaban J connectivity index is 1.74. The zero-order chi connectivity index (χ0) is 17.9. The summed E-state index contributed by atoms with van der Waals surface area (Å²) in [6.07, 6.45) is 1.55. The van der Waals surface area contributed by atoms with Crippen molar-refractivity contribution in [3.05, 3.63) is 11.4 Å². The molecule has 0 aliphatic heterocycles. The Hall–Kier alpha value is -2.09. The summed E-state index contributed by atoms with van der Waals surface area (Å²) in [5.74, 6) is -0.333. The van der Waals surface area contributed by atoms with Crippen molar-refractivity contribution in [2.45, 2.75) is 45.7 Å². The highest BCUT2D eigenvalue weighted by Gasteiger charge is 2.34. The lowest BCUT2D eigenvalue weighted by Gasteiger charge is -2.42. The molecular formula is C16H26N4O4. The number of carbonyl (C=O) groups is 2. The number of rotatable bonds is 8. The zero-order valence-corrected chi connectivity index (χ0v) is 14.7. The first-order chi connectivity index (χ1) is 11.3. The largest absolute Gasteiger partial charge is 0.480 e. The van der Waals surface area contributed by atoms with Gasteiger partial charge in [-0.1, -0.05) is 6.92 Å². The van der Waals surface area contributed by atoms with Crippen LogP contribution in [0, 0.1) is 13.8 Å². The number of ether oxygens (including phenoxy) is 1. The van der Waals surface area contributed by atoms with Crippen LogP contribution in [0.5, 0.6) is 5.75 Å². The van der Waals surface area contributed by atoms with Crippen LogP contribution in [0.2, 0.25) is 0 Å². The minimum Gasteiger partial charge on any atom is -0.480 e. The molecule has 2 N–H and O–H groups in total. The van der Waals surface area contributed by atoms with E-state index in [0.29, 0.717) is 12.3 Å². The van der Waals surface area contributed by atoms with E-state index in [9.17, 15) is 9.59 Å². The van der Waals surface area contributed by atoms with Crippen LogP contribution in [0.15, 0.2) is 0 Å². The molecule has 0 aromatic carbocycles. The number of aliphatic carboxylic acids is 1. The second kappa shape index (κ2) is 7.65. The van der Waals surface area contributed by atoms with Gasteiger partial charge in [0.15, 0.2) is 12.4 Å². The van der Waals surface area contributed by atoms with E-state index in [1.54, 1.807) is 4.68 Å². The second-order valence-electron chi connectivity index (χ2n) is 6.26. The molecule has 24 heavy (non-hydrogen) atoms. The predicted molar refractivity (Wildman–Crippen MR) is 88.0 cm³/mol. The van der Waals surface area contributed by atoms with E-state index in [1.165, 1.54) is 0 Å². The molecular weight excluding hydrogens is 312 g/mol. The number of aromatic nitrogens is 2. The predicted octanol–water partition coefficient (Wildman–Crippen LogP) is 0.469. The van der Waals surface area contributed by atoms with E-state index in [4.69, 9.17) is 9.84 Å². The lowest BCUT2D eigenvalue weighted by molar-refractivity contribution is -0.139. The number of hydrogen-bond acceptors (Lipinski definition) is 5. The Bertz CT molecular complexity index is 607. The van der Waals surface area contributed by atoms with E-state index < -0.39 is 5.97 Å². The van der Waals surface area contributed by atoms with Gasteiger partial charge in [0.2, 0.25) is 0 Å². The molecule has 1 saturated carbocycles. The third-order valence-corrected chi connectivity index (χ3v) is 4.53. The van der Waals surface area contributed by atoms with Gasteiger partial charge in [0.05, 0.1) is 12.2 Å². The van der Waals surface area contributed by atoms with Gasteiger partial charge in [-0.15, -0.1) is 0 Å². The SMILES string of the molecule is CCN(CC(=O)O)C1CC(NC(=O)COc2c(C)nn(C)c2C)C1. The van der Waals surface area contributed by atoms with Crippen LogP contribution in [0.25, 0.3) is 0 Å². The second-order valence-corrected chi connectivity index (χ2v) is 6.26. The molecule has 0 radical (unpaired) electrons. The lowest BCUT2D eigenvalue weighted by atomic mass is 9.85. The van der Waals surface area contributed by atoms with Crippen molar-refractivity contribution >= 4 is 11.9 Å². The number of nitrogens with zero attached hydrogens (tertiary/aromatic N) is 3. The van der Waals surface area contributed by atoms with E-state index in [1.807, 2.05) is 32.7 Å². The molecule has 1 aliphatic rings. The van der Waals surface area contributed by atoms with Crippen LogP contribution in [-0.4, -0.2) is 63.4 Å². The monoisotopic (exact) mass is 338 g/mol. The molecule has 8 heteroatoms. The molecule has 2 rings (SSSR count). The van der Waals surface area contributed by atoms with Gasteiger partial charge in [-0.2, -0.15) is 5.10 Å². The van der Waals surface area contributed by atoms with Gasteiger partial charge in [-0.25, -0.2) is 0 Å². The van der Waals surface area contributed by atoms with E-state index in [0.717, 1.165) is 24.2 Å². The summed E-state index contributed by atoms with van der Waals surface area (Å²) >= 11 is 0. The molecule has 8 nitrogen and oxygen atoms in total. The zero-order valence-electron chi connectivity index (χ0n) is 14.7. The van der Waals surface area contributed by atoms with Crippen LogP contribution in [0.4, 0.5) is 0 Å². The number of likely N-dealkylation sites (N-methyl/N-ethyl adjacent to an activating group) is 1. The lowest BCUT2D eigenvalue weighted by Crippen LogP contribution is -2.55. The summed E-state index contributed by atoms with van der Waals surface area (Å²) in [6.45, 7) is 6.39. The molecule has 0 unspecified atom stereocenters. The van der Waals surface area contributed by atoms with Crippen molar-refractivity contribution in [3.8, 4) is 5.75 Å². The standard InChI is InChI=1S/C16H26N4O4/c1-5-20(8-15(22)23)13-6-12(7-13)17-14(21)9-24-16-10(2)18-19(4)11(16)3/h12-13H,5-9H2,1-4H3,(H,17,21)(H,22,23). The number of carbonyl (C=O) groups excluding carboxylic acids is 1. The molecule has 1 aromatic rings. The number of aryl methyl sites for hydroxylation is 2. The number of carboxylic acid groups (broad SMARTS) is 1. The van der Waals surface area contributed by atoms with E-state index in [-0.39, 0.29) is 31.1 Å². The smallest absolute Gasteiger partial charge is 0.317 e. The maximum absolute atomic E-state index is 12.0. The molecule has 1 aliphatic carbocycles. The number of nitrogens with one attached hydrogen (secondary N) is 1. The maximum atomic E-state index is 12.0. The molecule has 0 spiro atoms. The van der Waals surface area contributed by atoms with E-state index in [2.05, 4.69) is 10.4 Å². The van der Waals surface area contributed by atoms with Crippen molar-refractivity contribution in [1.29, 1.82) is 0 Å². The third-order valence-electron chi connectivity index (χ3n) is 4.53. The van der Waals surface area contributed by atoms with Gasteiger partial charge in [-0.3, -0.25) is 19.2 Å². The minimum absolute atomic E-state index is 0.0405. The van der Waals surface area contributed by atoms with Gasteiger partial charge in [-0.05, 0) is 33.2 Å². The summed E-state index contributed by atoms with van der Waals surface area (Å²) in [5.41, 5.74) is 1.65. The highest BCUT2D eigenvalue weighted by molar-refractivity contribution is 5.78. The number of hydrogen-bond donors (Lipinski definition) is 2. The van der Waals surface area contributed by atoms with Crippen LogP contribution in [0.1, 0.15) is 31.2 Å². The Morgan fingerprint density at radius 3 is 2.58 bits per heavy atom. The summed E-state index contributed by atoms with van der Waals surface area (Å²) in [4.78, 5) is 24.7. The first-order valence-electron chi connectivity index (χ1n) is 8.20. The minimum atomic E-state index is -0.819. The molecule has 0 bridgehead atoms. The fraction of sp³-hybridized carbons (Fsp3) is 0.688. The third kappa shape index (κ3) is 4.25. The summed E-state index contributed by atoms with van der Waals surface area (Å²) < 4.78 is 7.31. The molecule has 1 aromatic heterocycles. The molecule has 1 fully saturated rings. The molecule has 134 valence electrons. The quantitative estimate of drug-likeness (QED) is 0.715. The van der Waals surface area contributed by atoms with Gasteiger partial charge in [0, 0.05) is 19.1 Å². The van der Waals surface area contributed by atoms with Crippen LogP contribution in [-0.2, 0) is 16.6 Å². The molecule has 1 amide bonds. The summed E-state index contributed by atoms with van der Waals surface area (Å²) in [6, 6.07) is 0.310. The van der Waals surface area contributed by atoms with Crippen molar-refractivity contribution in [2.24, 2.45) is 7.05 Å². The van der Waals surface area contributed by atoms with Crippen molar-refractivity contribution in [3.63, 3.8) is 0 Å². The maximum Gasteiger partial charge on any atom is 0.317 e. The van der Waals surface area contributed by atoms with Crippen LogP contribution < -0.4 is 10.1 Å².